The molecule has 4 rings (SSSR count). The minimum absolute atomic E-state index is 0.151. The van der Waals surface area contributed by atoms with E-state index in [4.69, 9.17) is 4.98 Å². The molecule has 0 radical (unpaired) electrons. The van der Waals surface area contributed by atoms with Crippen LogP contribution < -0.4 is 16.0 Å². The van der Waals surface area contributed by atoms with Gasteiger partial charge < -0.3 is 21.1 Å². The van der Waals surface area contributed by atoms with Gasteiger partial charge in [-0.05, 0) is 17.9 Å². The van der Waals surface area contributed by atoms with Crippen LogP contribution in [0, 0.1) is 0 Å². The Balaban J connectivity index is 1.62. The Morgan fingerprint density at radius 3 is 2.82 bits per heavy atom. The van der Waals surface area contributed by atoms with Gasteiger partial charge >= 0.3 is 0 Å². The maximum absolute atomic E-state index is 9.36. The third-order valence-electron chi connectivity index (χ3n) is 5.23. The summed E-state index contributed by atoms with van der Waals surface area (Å²) in [7, 11) is 0. The van der Waals surface area contributed by atoms with Crippen molar-refractivity contribution in [1.29, 1.82) is 0 Å². The van der Waals surface area contributed by atoms with Crippen LogP contribution in [-0.2, 0) is 6.54 Å². The van der Waals surface area contributed by atoms with E-state index in [-0.39, 0.29) is 18.7 Å². The summed E-state index contributed by atoms with van der Waals surface area (Å²) in [5.41, 5.74) is 3.22. The van der Waals surface area contributed by atoms with Crippen LogP contribution in [0.5, 0.6) is 0 Å². The highest BCUT2D eigenvalue weighted by atomic mass is 16.3. The van der Waals surface area contributed by atoms with E-state index in [0.29, 0.717) is 12.5 Å². The van der Waals surface area contributed by atoms with Crippen LogP contribution >= 0.6 is 0 Å². The Morgan fingerprint density at radius 1 is 1.29 bits per heavy atom. The first kappa shape index (κ1) is 18.7. The van der Waals surface area contributed by atoms with Crippen molar-refractivity contribution < 1.29 is 5.11 Å². The van der Waals surface area contributed by atoms with Gasteiger partial charge in [-0.3, -0.25) is 0 Å². The number of aromatic nitrogens is 3. The van der Waals surface area contributed by atoms with Crippen molar-refractivity contribution in [2.45, 2.75) is 44.8 Å². The lowest BCUT2D eigenvalue weighted by atomic mass is 10.1. The summed E-state index contributed by atoms with van der Waals surface area (Å²) in [5, 5.41) is 24.3. The first-order chi connectivity index (χ1) is 13.6. The normalized spacial score (nSPS) is 19.4. The molecule has 2 atom stereocenters. The number of aliphatic hydroxyl groups excluding tert-OH is 1. The van der Waals surface area contributed by atoms with Crippen molar-refractivity contribution in [1.82, 2.24) is 19.9 Å². The number of rotatable bonds is 7. The molecule has 1 aromatic carbocycles. The number of nitrogens with zero attached hydrogens (tertiary/aromatic N) is 3. The SMILES string of the molecule is CC(C)c1cnn2c(NCc3ccccc3)cc(NC3CN[C@@H](CO)C3)nc12. The van der Waals surface area contributed by atoms with Crippen LogP contribution in [0.2, 0.25) is 0 Å². The molecule has 1 aliphatic heterocycles. The average Bonchev–Trinajstić information content (AvgIpc) is 3.33. The number of nitrogens with one attached hydrogen (secondary N) is 3. The number of fused-ring (bicyclic) bond motifs is 1. The number of anilines is 2. The van der Waals surface area contributed by atoms with E-state index in [1.807, 2.05) is 35.0 Å². The van der Waals surface area contributed by atoms with E-state index >= 15 is 0 Å². The molecule has 3 heterocycles. The van der Waals surface area contributed by atoms with Crippen LogP contribution in [-0.4, -0.2) is 44.9 Å². The van der Waals surface area contributed by atoms with Crippen molar-refractivity contribution in [3.8, 4) is 0 Å². The third-order valence-corrected chi connectivity index (χ3v) is 5.23. The highest BCUT2D eigenvalue weighted by Gasteiger charge is 2.24. The molecule has 7 heteroatoms. The van der Waals surface area contributed by atoms with Crippen molar-refractivity contribution in [2.75, 3.05) is 23.8 Å². The van der Waals surface area contributed by atoms with Gasteiger partial charge in [0, 0.05) is 36.8 Å². The molecule has 0 amide bonds. The lowest BCUT2D eigenvalue weighted by Gasteiger charge is -2.16. The number of benzene rings is 1. The predicted molar refractivity (Wildman–Crippen MR) is 112 cm³/mol. The fraction of sp³-hybridized carbons (Fsp3) is 0.429. The Hall–Kier alpha value is -2.64. The van der Waals surface area contributed by atoms with Crippen molar-refractivity contribution >= 4 is 17.3 Å². The molecular formula is C21H28N6O. The summed E-state index contributed by atoms with van der Waals surface area (Å²) < 4.78 is 1.88. The molecule has 2 aromatic heterocycles. The van der Waals surface area contributed by atoms with Crippen LogP contribution in [0.3, 0.4) is 0 Å². The van der Waals surface area contributed by atoms with Crippen molar-refractivity contribution in [3.63, 3.8) is 0 Å². The zero-order valence-electron chi connectivity index (χ0n) is 16.4. The molecule has 0 aliphatic carbocycles. The second-order valence-electron chi connectivity index (χ2n) is 7.72. The first-order valence-corrected chi connectivity index (χ1v) is 9.91. The molecule has 0 spiro atoms. The van der Waals surface area contributed by atoms with Crippen molar-refractivity contribution in [3.05, 3.63) is 53.7 Å². The Bertz CT molecular complexity index is 923. The summed E-state index contributed by atoms with van der Waals surface area (Å²) >= 11 is 0. The van der Waals surface area contributed by atoms with Gasteiger partial charge in [-0.25, -0.2) is 4.98 Å². The van der Waals surface area contributed by atoms with Gasteiger partial charge in [-0.2, -0.15) is 9.61 Å². The van der Waals surface area contributed by atoms with E-state index in [1.54, 1.807) is 0 Å². The monoisotopic (exact) mass is 380 g/mol. The van der Waals surface area contributed by atoms with E-state index in [1.165, 1.54) is 5.56 Å². The van der Waals surface area contributed by atoms with Gasteiger partial charge in [0.2, 0.25) is 0 Å². The lowest BCUT2D eigenvalue weighted by Crippen LogP contribution is -2.25. The number of hydrogen-bond donors (Lipinski definition) is 4. The average molecular weight is 380 g/mol. The molecule has 1 aliphatic rings. The molecule has 28 heavy (non-hydrogen) atoms. The molecule has 0 saturated carbocycles. The minimum atomic E-state index is 0.151. The number of hydrogen-bond acceptors (Lipinski definition) is 6. The maximum atomic E-state index is 9.36. The fourth-order valence-corrected chi connectivity index (χ4v) is 3.65. The minimum Gasteiger partial charge on any atom is -0.395 e. The second kappa shape index (κ2) is 8.16. The van der Waals surface area contributed by atoms with Crippen LogP contribution in [0.25, 0.3) is 5.65 Å². The lowest BCUT2D eigenvalue weighted by molar-refractivity contribution is 0.254. The quantitative estimate of drug-likeness (QED) is 0.504. The van der Waals surface area contributed by atoms with Crippen molar-refractivity contribution in [2.24, 2.45) is 0 Å². The van der Waals surface area contributed by atoms with E-state index in [0.717, 1.165) is 35.8 Å². The van der Waals surface area contributed by atoms with Crippen LogP contribution in [0.15, 0.2) is 42.6 Å². The van der Waals surface area contributed by atoms with Gasteiger partial charge in [0.1, 0.15) is 11.6 Å². The molecule has 3 aromatic rings. The summed E-state index contributed by atoms with van der Waals surface area (Å²) in [4.78, 5) is 4.85. The summed E-state index contributed by atoms with van der Waals surface area (Å²) in [6.07, 6.45) is 2.79. The van der Waals surface area contributed by atoms with Crippen LogP contribution in [0.1, 0.15) is 37.3 Å². The summed E-state index contributed by atoms with van der Waals surface area (Å²) in [6.45, 7) is 6.01. The van der Waals surface area contributed by atoms with Gasteiger partial charge in [-0.15, -0.1) is 0 Å². The van der Waals surface area contributed by atoms with Gasteiger partial charge in [0.05, 0.1) is 12.8 Å². The Labute approximate surface area is 165 Å². The highest BCUT2D eigenvalue weighted by molar-refractivity contribution is 5.61. The second-order valence-corrected chi connectivity index (χ2v) is 7.72. The molecular weight excluding hydrogens is 352 g/mol. The molecule has 4 N–H and O–H groups in total. The smallest absolute Gasteiger partial charge is 0.163 e. The van der Waals surface area contributed by atoms with E-state index in [2.05, 4.69) is 47.0 Å². The maximum Gasteiger partial charge on any atom is 0.163 e. The van der Waals surface area contributed by atoms with E-state index < -0.39 is 0 Å². The van der Waals surface area contributed by atoms with Gasteiger partial charge in [0.15, 0.2) is 5.65 Å². The number of aliphatic hydroxyl groups is 1. The van der Waals surface area contributed by atoms with Gasteiger partial charge in [0.25, 0.3) is 0 Å². The molecule has 1 saturated heterocycles. The fourth-order valence-electron chi connectivity index (χ4n) is 3.65. The predicted octanol–water partition coefficient (Wildman–Crippen LogP) is 2.60. The molecule has 1 fully saturated rings. The summed E-state index contributed by atoms with van der Waals surface area (Å²) in [5.74, 6) is 2.08. The highest BCUT2D eigenvalue weighted by Crippen LogP contribution is 2.25. The van der Waals surface area contributed by atoms with Gasteiger partial charge in [-0.1, -0.05) is 44.2 Å². The largest absolute Gasteiger partial charge is 0.395 e. The molecule has 0 bridgehead atoms. The van der Waals surface area contributed by atoms with E-state index in [9.17, 15) is 5.11 Å². The molecule has 7 nitrogen and oxygen atoms in total. The zero-order valence-corrected chi connectivity index (χ0v) is 16.4. The third kappa shape index (κ3) is 3.95. The first-order valence-electron chi connectivity index (χ1n) is 9.91. The topological polar surface area (TPSA) is 86.5 Å². The summed E-state index contributed by atoms with van der Waals surface area (Å²) in [6, 6.07) is 12.7. The Kier molecular flexibility index (Phi) is 5.45. The standard InChI is InChI=1S/C21H28N6O/c1-14(2)18-12-24-27-20(23-10-15-6-4-3-5-7-15)9-19(26-21(18)27)25-16-8-17(13-28)22-11-16/h3-7,9,12,14,16-17,22-23,28H,8,10-11,13H2,1-2H3,(H,25,26)/t16?,17-/m1/s1. The Morgan fingerprint density at radius 2 is 2.11 bits per heavy atom. The molecule has 1 unspecified atom stereocenters. The molecule has 148 valence electrons. The van der Waals surface area contributed by atoms with Crippen LogP contribution in [0.4, 0.5) is 11.6 Å². The zero-order chi connectivity index (χ0) is 19.5.